The summed E-state index contributed by atoms with van der Waals surface area (Å²) in [5, 5.41) is 1.04. The first-order valence-electron chi connectivity index (χ1n) is 13.5. The van der Waals surface area contributed by atoms with Gasteiger partial charge in [0.05, 0.1) is 6.04 Å². The molecule has 2 unspecified atom stereocenters. The number of hydrogen-bond donors (Lipinski definition) is 1. The molecule has 1 aromatic heterocycles. The molecule has 0 radical (unpaired) electrons. The van der Waals surface area contributed by atoms with Crippen molar-refractivity contribution in [1.82, 2.24) is 14.8 Å². The summed E-state index contributed by atoms with van der Waals surface area (Å²) in [6.07, 6.45) is 1.71. The molecule has 3 atom stereocenters. The Labute approximate surface area is 217 Å². The van der Waals surface area contributed by atoms with Crippen LogP contribution in [-0.4, -0.2) is 58.8 Å². The average molecular weight is 514 g/mol. The number of para-hydroxylation sites is 1. The number of alkyl halides is 1. The molecule has 0 saturated carbocycles. The lowest BCUT2D eigenvalue weighted by Gasteiger charge is -2.43. The number of halogens is 3. The van der Waals surface area contributed by atoms with Crippen LogP contribution >= 0.6 is 0 Å². The summed E-state index contributed by atoms with van der Waals surface area (Å²) in [6.45, 7) is 12.0. The summed E-state index contributed by atoms with van der Waals surface area (Å²) in [4.78, 5) is 7.60. The molecule has 3 heterocycles. The summed E-state index contributed by atoms with van der Waals surface area (Å²) < 4.78 is 52.4. The van der Waals surface area contributed by atoms with Crippen molar-refractivity contribution in [1.29, 1.82) is 0 Å². The summed E-state index contributed by atoms with van der Waals surface area (Å²) in [6, 6.07) is 9.58. The zero-order valence-corrected chi connectivity index (χ0v) is 22.5. The van der Waals surface area contributed by atoms with Crippen molar-refractivity contribution in [3.63, 3.8) is 0 Å². The molecule has 7 heteroatoms. The van der Waals surface area contributed by atoms with Crippen molar-refractivity contribution in [2.45, 2.75) is 71.3 Å². The predicted molar refractivity (Wildman–Crippen MR) is 142 cm³/mol. The molecule has 4 nitrogen and oxygen atoms in total. The third kappa shape index (κ3) is 5.26. The van der Waals surface area contributed by atoms with E-state index in [0.29, 0.717) is 12.3 Å². The van der Waals surface area contributed by atoms with Gasteiger partial charge >= 0.3 is 0 Å². The fraction of sp³-hybridized carbons (Fsp3) is 0.533. The monoisotopic (exact) mass is 513 g/mol. The highest BCUT2D eigenvalue weighted by Gasteiger charge is 2.41. The van der Waals surface area contributed by atoms with Crippen LogP contribution in [0.1, 0.15) is 63.9 Å². The van der Waals surface area contributed by atoms with E-state index in [9.17, 15) is 4.39 Å². The molecule has 1 fully saturated rings. The lowest BCUT2D eigenvalue weighted by Crippen LogP contribution is -2.54. The highest BCUT2D eigenvalue weighted by atomic mass is 19.1. The van der Waals surface area contributed by atoms with Gasteiger partial charge in [-0.1, -0.05) is 38.5 Å². The summed E-state index contributed by atoms with van der Waals surface area (Å²) in [5.41, 5.74) is 1.09. The minimum absolute atomic E-state index is 0.0544. The van der Waals surface area contributed by atoms with Crippen LogP contribution in [0.25, 0.3) is 10.9 Å². The second kappa shape index (κ2) is 9.99. The highest BCUT2D eigenvalue weighted by molar-refractivity contribution is 5.85. The largest absolute Gasteiger partial charge is 0.488 e. The number of nitrogens with one attached hydrogen (secondary N) is 1. The number of ether oxygens (including phenoxy) is 1. The highest BCUT2D eigenvalue weighted by Crippen LogP contribution is 2.43. The molecule has 3 aromatic rings. The Bertz CT molecular complexity index is 1240. The van der Waals surface area contributed by atoms with E-state index in [2.05, 4.69) is 23.7 Å². The van der Waals surface area contributed by atoms with Gasteiger partial charge in [0, 0.05) is 66.5 Å². The van der Waals surface area contributed by atoms with E-state index in [1.54, 1.807) is 0 Å². The summed E-state index contributed by atoms with van der Waals surface area (Å²) >= 11 is 0. The van der Waals surface area contributed by atoms with Crippen molar-refractivity contribution in [3.05, 3.63) is 64.9 Å². The van der Waals surface area contributed by atoms with E-state index >= 15 is 8.78 Å². The Morgan fingerprint density at radius 3 is 2.46 bits per heavy atom. The van der Waals surface area contributed by atoms with Gasteiger partial charge in [-0.15, -0.1) is 0 Å². The molecule has 0 amide bonds. The Balaban J connectivity index is 1.47. The Morgan fingerprint density at radius 1 is 1.14 bits per heavy atom. The summed E-state index contributed by atoms with van der Waals surface area (Å²) in [7, 11) is 0. The molecule has 0 spiro atoms. The minimum atomic E-state index is -1.53. The quantitative estimate of drug-likeness (QED) is 0.366. The van der Waals surface area contributed by atoms with Gasteiger partial charge in [-0.25, -0.2) is 13.2 Å². The molecule has 2 aliphatic heterocycles. The molecule has 2 aliphatic rings. The average Bonchev–Trinajstić information content (AvgIpc) is 3.16. The van der Waals surface area contributed by atoms with Gasteiger partial charge in [0.1, 0.15) is 29.2 Å². The normalized spacial score (nSPS) is 22.2. The summed E-state index contributed by atoms with van der Waals surface area (Å²) in [5.74, 6) is -0.530. The van der Waals surface area contributed by atoms with Gasteiger partial charge in [0.2, 0.25) is 0 Å². The second-order valence-corrected chi connectivity index (χ2v) is 11.7. The van der Waals surface area contributed by atoms with E-state index < -0.39 is 23.3 Å². The third-order valence-corrected chi connectivity index (χ3v) is 7.90. The molecule has 0 aliphatic carbocycles. The van der Waals surface area contributed by atoms with Crippen LogP contribution < -0.4 is 4.74 Å². The third-order valence-electron chi connectivity index (χ3n) is 7.90. The molecule has 1 N–H and O–H groups in total. The van der Waals surface area contributed by atoms with E-state index in [1.807, 2.05) is 36.1 Å². The molecule has 37 heavy (non-hydrogen) atoms. The molecule has 0 bridgehead atoms. The lowest BCUT2D eigenvalue weighted by atomic mass is 9.87. The molecule has 5 rings (SSSR count). The van der Waals surface area contributed by atoms with Gasteiger partial charge in [-0.3, -0.25) is 9.80 Å². The van der Waals surface area contributed by atoms with Gasteiger partial charge < -0.3 is 9.72 Å². The van der Waals surface area contributed by atoms with Crippen LogP contribution in [0.4, 0.5) is 13.2 Å². The Kier molecular flexibility index (Phi) is 7.05. The van der Waals surface area contributed by atoms with Crippen LogP contribution in [0.5, 0.6) is 5.75 Å². The lowest BCUT2D eigenvalue weighted by molar-refractivity contribution is 0.0109. The number of fused-ring (bicyclic) bond motifs is 3. The first-order valence-corrected chi connectivity index (χ1v) is 13.5. The van der Waals surface area contributed by atoms with E-state index in [0.717, 1.165) is 48.2 Å². The first-order chi connectivity index (χ1) is 17.5. The number of H-pyrrole nitrogens is 1. The van der Waals surface area contributed by atoms with Crippen molar-refractivity contribution < 1.29 is 17.9 Å². The van der Waals surface area contributed by atoms with Crippen LogP contribution in [0.2, 0.25) is 0 Å². The number of aromatic amines is 1. The number of hydrogen-bond acceptors (Lipinski definition) is 3. The van der Waals surface area contributed by atoms with Gasteiger partial charge in [0.15, 0.2) is 0 Å². The fourth-order valence-corrected chi connectivity index (χ4v) is 5.90. The van der Waals surface area contributed by atoms with Crippen LogP contribution in [0.3, 0.4) is 0 Å². The van der Waals surface area contributed by atoms with Crippen molar-refractivity contribution >= 4 is 10.9 Å². The molecule has 2 aromatic carbocycles. The number of nitrogens with zero attached hydrogens (tertiary/aromatic N) is 2. The topological polar surface area (TPSA) is 31.5 Å². The molecular formula is C30H38F3N3O. The smallest absolute Gasteiger partial charge is 0.135 e. The van der Waals surface area contributed by atoms with Crippen LogP contribution in [-0.2, 0) is 6.42 Å². The SMILES string of the molecule is CCC(C)CN1CC(Oc2cc(F)c(C3c4[nH]c5ccccc5c4C[C@@H](C)N3CC(C)(C)F)c(F)c2)C1. The van der Waals surface area contributed by atoms with Crippen LogP contribution in [0.15, 0.2) is 36.4 Å². The van der Waals surface area contributed by atoms with E-state index in [1.165, 1.54) is 26.0 Å². The Hall–Kier alpha value is -2.51. The number of likely N-dealkylation sites (tertiary alicyclic amines) is 1. The van der Waals surface area contributed by atoms with Crippen molar-refractivity contribution in [2.75, 3.05) is 26.2 Å². The maximum Gasteiger partial charge on any atom is 0.135 e. The maximum absolute atomic E-state index is 15.8. The van der Waals surface area contributed by atoms with E-state index in [-0.39, 0.29) is 30.0 Å². The zero-order chi connectivity index (χ0) is 26.5. The zero-order valence-electron chi connectivity index (χ0n) is 22.5. The van der Waals surface area contributed by atoms with Crippen LogP contribution in [0, 0.1) is 17.6 Å². The molecular weight excluding hydrogens is 475 g/mol. The first kappa shape index (κ1) is 26.1. The predicted octanol–water partition coefficient (Wildman–Crippen LogP) is 6.64. The number of aromatic nitrogens is 1. The van der Waals surface area contributed by atoms with E-state index in [4.69, 9.17) is 4.74 Å². The second-order valence-electron chi connectivity index (χ2n) is 11.7. The molecule has 1 saturated heterocycles. The van der Waals surface area contributed by atoms with Gasteiger partial charge in [0.25, 0.3) is 0 Å². The van der Waals surface area contributed by atoms with Gasteiger partial charge in [-0.2, -0.15) is 0 Å². The maximum atomic E-state index is 15.8. The Morgan fingerprint density at radius 2 is 1.81 bits per heavy atom. The minimum Gasteiger partial charge on any atom is -0.488 e. The number of benzene rings is 2. The number of rotatable bonds is 8. The standard InChI is InChI=1S/C30H38F3N3O/c1-6-18(2)14-35-15-21(16-35)37-20-12-24(31)27(25(32)13-20)29-28-23(22-9-7-8-10-26(22)34-28)11-19(3)36(29)17-30(4,5)33/h7-10,12-13,18-19,21,29,34H,6,11,14-17H2,1-5H3/t18?,19-,29?/m1/s1. The van der Waals surface area contributed by atoms with Crippen molar-refractivity contribution in [3.8, 4) is 5.75 Å². The van der Waals surface area contributed by atoms with Crippen molar-refractivity contribution in [2.24, 2.45) is 5.92 Å². The van der Waals surface area contributed by atoms with Gasteiger partial charge in [-0.05, 0) is 44.7 Å². The fourth-order valence-electron chi connectivity index (χ4n) is 5.90. The molecule has 200 valence electrons.